The molecule has 0 saturated carbocycles. The zero-order valence-corrected chi connectivity index (χ0v) is 9.39. The summed E-state index contributed by atoms with van der Waals surface area (Å²) < 4.78 is 0.765. The molecule has 0 heterocycles. The SMILES string of the molecule is O=C(O)CC(O)C(O)c1cccc(Br)c1. The third-order valence-corrected chi connectivity index (χ3v) is 2.43. The van der Waals surface area contributed by atoms with E-state index in [1.807, 2.05) is 0 Å². The molecule has 0 spiro atoms. The first-order valence-corrected chi connectivity index (χ1v) is 5.13. The van der Waals surface area contributed by atoms with E-state index in [0.29, 0.717) is 5.56 Å². The van der Waals surface area contributed by atoms with Crippen LogP contribution in [0.5, 0.6) is 0 Å². The number of carboxylic acid groups (broad SMARTS) is 1. The smallest absolute Gasteiger partial charge is 0.306 e. The Morgan fingerprint density at radius 2 is 2.07 bits per heavy atom. The van der Waals surface area contributed by atoms with E-state index < -0.39 is 24.6 Å². The molecule has 0 fully saturated rings. The van der Waals surface area contributed by atoms with Gasteiger partial charge in [0, 0.05) is 4.47 Å². The molecular weight excluding hydrogens is 264 g/mol. The minimum Gasteiger partial charge on any atom is -0.481 e. The Morgan fingerprint density at radius 3 is 2.60 bits per heavy atom. The van der Waals surface area contributed by atoms with Crippen molar-refractivity contribution in [1.82, 2.24) is 0 Å². The molecule has 1 aromatic rings. The zero-order chi connectivity index (χ0) is 11.4. The predicted octanol–water partition coefficient (Wildman–Crippen LogP) is 1.32. The average Bonchev–Trinajstić information content (AvgIpc) is 2.15. The summed E-state index contributed by atoms with van der Waals surface area (Å²) in [5.74, 6) is -1.14. The summed E-state index contributed by atoms with van der Waals surface area (Å²) in [6.45, 7) is 0. The van der Waals surface area contributed by atoms with Gasteiger partial charge in [-0.05, 0) is 17.7 Å². The lowest BCUT2D eigenvalue weighted by atomic mass is 10.0. The predicted molar refractivity (Wildman–Crippen MR) is 57.4 cm³/mol. The molecule has 1 rings (SSSR count). The van der Waals surface area contributed by atoms with E-state index in [1.165, 1.54) is 0 Å². The van der Waals surface area contributed by atoms with Gasteiger partial charge in [0.2, 0.25) is 0 Å². The minimum atomic E-state index is -1.29. The number of carbonyl (C=O) groups is 1. The van der Waals surface area contributed by atoms with Gasteiger partial charge in [0.1, 0.15) is 6.10 Å². The van der Waals surface area contributed by atoms with Crippen LogP contribution in [-0.2, 0) is 4.79 Å². The summed E-state index contributed by atoms with van der Waals surface area (Å²) in [7, 11) is 0. The van der Waals surface area contributed by atoms with Gasteiger partial charge in [0.05, 0.1) is 12.5 Å². The maximum atomic E-state index is 10.3. The molecule has 0 aliphatic carbocycles. The van der Waals surface area contributed by atoms with Gasteiger partial charge < -0.3 is 15.3 Å². The number of hydrogen-bond donors (Lipinski definition) is 3. The fraction of sp³-hybridized carbons (Fsp3) is 0.300. The number of aliphatic hydroxyl groups is 2. The van der Waals surface area contributed by atoms with Crippen molar-refractivity contribution in [2.75, 3.05) is 0 Å². The third-order valence-electron chi connectivity index (χ3n) is 1.94. The number of aliphatic carboxylic acids is 1. The van der Waals surface area contributed by atoms with Crippen LogP contribution in [-0.4, -0.2) is 27.4 Å². The second-order valence-electron chi connectivity index (χ2n) is 3.17. The Labute approximate surface area is 95.3 Å². The van der Waals surface area contributed by atoms with Crippen molar-refractivity contribution in [3.05, 3.63) is 34.3 Å². The molecule has 0 aromatic heterocycles. The third kappa shape index (κ3) is 3.62. The fourth-order valence-corrected chi connectivity index (χ4v) is 1.62. The first-order chi connectivity index (χ1) is 7.00. The van der Waals surface area contributed by atoms with Gasteiger partial charge >= 0.3 is 5.97 Å². The van der Waals surface area contributed by atoms with Crippen molar-refractivity contribution in [3.63, 3.8) is 0 Å². The van der Waals surface area contributed by atoms with Crippen LogP contribution in [0.2, 0.25) is 0 Å². The molecule has 3 N–H and O–H groups in total. The van der Waals surface area contributed by atoms with E-state index in [2.05, 4.69) is 15.9 Å². The van der Waals surface area contributed by atoms with E-state index >= 15 is 0 Å². The second-order valence-corrected chi connectivity index (χ2v) is 4.08. The molecule has 82 valence electrons. The maximum Gasteiger partial charge on any atom is 0.306 e. The van der Waals surface area contributed by atoms with E-state index in [4.69, 9.17) is 5.11 Å². The lowest BCUT2D eigenvalue weighted by Crippen LogP contribution is -2.21. The van der Waals surface area contributed by atoms with Crippen LogP contribution in [0.1, 0.15) is 18.1 Å². The van der Waals surface area contributed by atoms with Gasteiger partial charge in [-0.1, -0.05) is 28.1 Å². The first-order valence-electron chi connectivity index (χ1n) is 4.34. The summed E-state index contributed by atoms with van der Waals surface area (Å²) in [6.07, 6.45) is -2.95. The topological polar surface area (TPSA) is 77.8 Å². The quantitative estimate of drug-likeness (QED) is 0.774. The molecule has 0 radical (unpaired) electrons. The average molecular weight is 275 g/mol. The second kappa shape index (κ2) is 5.25. The molecule has 0 saturated heterocycles. The van der Waals surface area contributed by atoms with Gasteiger partial charge in [0.25, 0.3) is 0 Å². The van der Waals surface area contributed by atoms with Crippen molar-refractivity contribution < 1.29 is 20.1 Å². The highest BCUT2D eigenvalue weighted by atomic mass is 79.9. The fourth-order valence-electron chi connectivity index (χ4n) is 1.20. The lowest BCUT2D eigenvalue weighted by molar-refractivity contribution is -0.141. The van der Waals surface area contributed by atoms with Crippen molar-refractivity contribution in [2.45, 2.75) is 18.6 Å². The number of benzene rings is 1. The van der Waals surface area contributed by atoms with Crippen molar-refractivity contribution in [2.24, 2.45) is 0 Å². The molecule has 2 unspecified atom stereocenters. The van der Waals surface area contributed by atoms with Crippen LogP contribution in [0.25, 0.3) is 0 Å². The first kappa shape index (κ1) is 12.2. The summed E-state index contributed by atoms with van der Waals surface area (Å²) >= 11 is 3.22. The number of hydrogen-bond acceptors (Lipinski definition) is 3. The van der Waals surface area contributed by atoms with Gasteiger partial charge in [0.15, 0.2) is 0 Å². The van der Waals surface area contributed by atoms with Crippen LogP contribution < -0.4 is 0 Å². The van der Waals surface area contributed by atoms with Crippen molar-refractivity contribution in [3.8, 4) is 0 Å². The standard InChI is InChI=1S/C10H11BrO4/c11-7-3-1-2-6(4-7)10(15)8(12)5-9(13)14/h1-4,8,10,12,15H,5H2,(H,13,14). The van der Waals surface area contributed by atoms with Crippen LogP contribution in [0, 0.1) is 0 Å². The van der Waals surface area contributed by atoms with Gasteiger partial charge in [-0.2, -0.15) is 0 Å². The van der Waals surface area contributed by atoms with E-state index in [1.54, 1.807) is 24.3 Å². The molecule has 0 aliphatic heterocycles. The van der Waals surface area contributed by atoms with E-state index in [-0.39, 0.29) is 0 Å². The number of aliphatic hydroxyl groups excluding tert-OH is 2. The monoisotopic (exact) mass is 274 g/mol. The van der Waals surface area contributed by atoms with Crippen LogP contribution >= 0.6 is 15.9 Å². The molecule has 0 amide bonds. The Morgan fingerprint density at radius 1 is 1.40 bits per heavy atom. The Balaban J connectivity index is 2.75. The highest BCUT2D eigenvalue weighted by molar-refractivity contribution is 9.10. The van der Waals surface area contributed by atoms with E-state index in [9.17, 15) is 15.0 Å². The Bertz CT molecular complexity index is 353. The summed E-state index contributed by atoms with van der Waals surface area (Å²) in [4.78, 5) is 10.3. The number of carboxylic acids is 1. The van der Waals surface area contributed by atoms with Gasteiger partial charge in [-0.25, -0.2) is 0 Å². The van der Waals surface area contributed by atoms with Gasteiger partial charge in [-0.15, -0.1) is 0 Å². The summed E-state index contributed by atoms with van der Waals surface area (Å²) in [5.41, 5.74) is 0.484. The maximum absolute atomic E-state index is 10.3. The molecule has 15 heavy (non-hydrogen) atoms. The van der Waals surface area contributed by atoms with Crippen LogP contribution in [0.3, 0.4) is 0 Å². The van der Waals surface area contributed by atoms with Gasteiger partial charge in [-0.3, -0.25) is 4.79 Å². The molecule has 0 bridgehead atoms. The highest BCUT2D eigenvalue weighted by Gasteiger charge is 2.20. The summed E-state index contributed by atoms with van der Waals surface area (Å²) in [6, 6.07) is 6.74. The molecule has 2 atom stereocenters. The Hall–Kier alpha value is -0.910. The zero-order valence-electron chi connectivity index (χ0n) is 7.80. The van der Waals surface area contributed by atoms with E-state index in [0.717, 1.165) is 4.47 Å². The van der Waals surface area contributed by atoms with Crippen LogP contribution in [0.4, 0.5) is 0 Å². The van der Waals surface area contributed by atoms with Crippen molar-refractivity contribution >= 4 is 21.9 Å². The molecule has 1 aromatic carbocycles. The lowest BCUT2D eigenvalue weighted by Gasteiger charge is -2.16. The highest BCUT2D eigenvalue weighted by Crippen LogP contribution is 2.22. The summed E-state index contributed by atoms with van der Waals surface area (Å²) in [5, 5.41) is 27.5. The molecule has 5 heteroatoms. The Kier molecular flexibility index (Phi) is 4.26. The number of halogens is 1. The van der Waals surface area contributed by atoms with Crippen LogP contribution in [0.15, 0.2) is 28.7 Å². The molecular formula is C10H11BrO4. The molecule has 0 aliphatic rings. The largest absolute Gasteiger partial charge is 0.481 e. The normalized spacial score (nSPS) is 14.6. The minimum absolute atomic E-state index is 0.478. The van der Waals surface area contributed by atoms with Crippen molar-refractivity contribution in [1.29, 1.82) is 0 Å². The molecule has 4 nitrogen and oxygen atoms in total. The number of rotatable bonds is 4.